The average molecular weight is 267 g/mol. The second kappa shape index (κ2) is 6.71. The molecule has 0 fully saturated rings. The third-order valence-corrected chi connectivity index (χ3v) is 3.99. The smallest absolute Gasteiger partial charge is 0.0297 e. The summed E-state index contributed by atoms with van der Waals surface area (Å²) in [6, 6.07) is 15.8. The summed E-state index contributed by atoms with van der Waals surface area (Å²) in [5, 5.41) is 3.65. The van der Waals surface area contributed by atoms with Crippen LogP contribution in [0, 0.1) is 13.8 Å². The summed E-state index contributed by atoms with van der Waals surface area (Å²) in [4.78, 5) is 0. The first-order valence-corrected chi connectivity index (χ1v) is 7.49. The van der Waals surface area contributed by atoms with Gasteiger partial charge in [-0.05, 0) is 49.4 Å². The van der Waals surface area contributed by atoms with E-state index in [1.807, 2.05) is 0 Å². The first-order chi connectivity index (χ1) is 9.61. The molecule has 2 aromatic carbocycles. The number of aryl methyl sites for hydroxylation is 3. The van der Waals surface area contributed by atoms with E-state index in [4.69, 9.17) is 0 Å². The molecule has 0 aliphatic rings. The van der Waals surface area contributed by atoms with Crippen LogP contribution in [0.2, 0.25) is 0 Å². The van der Waals surface area contributed by atoms with Crippen molar-refractivity contribution in [3.8, 4) is 0 Å². The highest BCUT2D eigenvalue weighted by molar-refractivity contribution is 5.33. The Kier molecular flexibility index (Phi) is 4.97. The maximum Gasteiger partial charge on any atom is 0.0297 e. The molecule has 0 saturated heterocycles. The van der Waals surface area contributed by atoms with Gasteiger partial charge in [-0.1, -0.05) is 55.0 Å². The fourth-order valence-electron chi connectivity index (χ4n) is 2.76. The van der Waals surface area contributed by atoms with Crippen LogP contribution in [0.5, 0.6) is 0 Å². The molecule has 106 valence electrons. The quantitative estimate of drug-likeness (QED) is 0.826. The Morgan fingerprint density at radius 3 is 2.35 bits per heavy atom. The maximum atomic E-state index is 3.65. The van der Waals surface area contributed by atoms with Crippen LogP contribution in [0.1, 0.15) is 47.7 Å². The van der Waals surface area contributed by atoms with E-state index in [2.05, 4.69) is 75.5 Å². The van der Waals surface area contributed by atoms with Crippen molar-refractivity contribution in [1.82, 2.24) is 5.32 Å². The van der Waals surface area contributed by atoms with Crippen molar-refractivity contribution in [2.24, 2.45) is 0 Å². The van der Waals surface area contributed by atoms with Gasteiger partial charge in [0.05, 0.1) is 0 Å². The van der Waals surface area contributed by atoms with E-state index in [1.165, 1.54) is 27.8 Å². The average Bonchev–Trinajstić information content (AvgIpc) is 2.45. The maximum absolute atomic E-state index is 3.65. The van der Waals surface area contributed by atoms with E-state index in [0.717, 1.165) is 13.0 Å². The minimum Gasteiger partial charge on any atom is -0.306 e. The summed E-state index contributed by atoms with van der Waals surface area (Å²) in [7, 11) is 0. The van der Waals surface area contributed by atoms with Crippen molar-refractivity contribution in [2.75, 3.05) is 0 Å². The molecule has 0 aromatic heterocycles. The fourth-order valence-corrected chi connectivity index (χ4v) is 2.76. The largest absolute Gasteiger partial charge is 0.306 e. The summed E-state index contributed by atoms with van der Waals surface area (Å²) in [5.74, 6) is 0. The molecular formula is C19H25N. The Morgan fingerprint density at radius 1 is 1.00 bits per heavy atom. The molecule has 1 nitrogen and oxygen atoms in total. The summed E-state index contributed by atoms with van der Waals surface area (Å²) in [5.41, 5.74) is 6.94. The van der Waals surface area contributed by atoms with Crippen LogP contribution in [-0.4, -0.2) is 0 Å². The molecule has 1 N–H and O–H groups in total. The van der Waals surface area contributed by atoms with Gasteiger partial charge in [0.25, 0.3) is 0 Å². The Balaban J connectivity index is 2.06. The summed E-state index contributed by atoms with van der Waals surface area (Å²) in [6.07, 6.45) is 1.09. The second-order valence-electron chi connectivity index (χ2n) is 5.58. The Labute approximate surface area is 123 Å². The highest BCUT2D eigenvalue weighted by atomic mass is 14.9. The van der Waals surface area contributed by atoms with Crippen molar-refractivity contribution in [3.05, 3.63) is 70.3 Å². The lowest BCUT2D eigenvalue weighted by molar-refractivity contribution is 0.570. The molecule has 0 bridgehead atoms. The highest BCUT2D eigenvalue weighted by Crippen LogP contribution is 2.19. The molecule has 1 heteroatoms. The van der Waals surface area contributed by atoms with E-state index in [0.29, 0.717) is 6.04 Å². The van der Waals surface area contributed by atoms with E-state index >= 15 is 0 Å². The molecule has 0 amide bonds. The fraction of sp³-hybridized carbons (Fsp3) is 0.368. The molecule has 2 aromatic rings. The SMILES string of the molecule is CCc1ccccc1CNC(C)c1ccc(C)cc1C. The van der Waals surface area contributed by atoms with Crippen LogP contribution in [0.4, 0.5) is 0 Å². The first kappa shape index (κ1) is 14.8. The van der Waals surface area contributed by atoms with E-state index < -0.39 is 0 Å². The van der Waals surface area contributed by atoms with Crippen molar-refractivity contribution >= 4 is 0 Å². The Bertz CT molecular complexity index is 572. The summed E-state index contributed by atoms with van der Waals surface area (Å²) < 4.78 is 0. The zero-order chi connectivity index (χ0) is 14.5. The van der Waals surface area contributed by atoms with Gasteiger partial charge in [0, 0.05) is 12.6 Å². The summed E-state index contributed by atoms with van der Waals surface area (Å²) >= 11 is 0. The first-order valence-electron chi connectivity index (χ1n) is 7.49. The lowest BCUT2D eigenvalue weighted by Crippen LogP contribution is -2.19. The molecule has 1 unspecified atom stereocenters. The van der Waals surface area contributed by atoms with Gasteiger partial charge >= 0.3 is 0 Å². The molecule has 1 atom stereocenters. The van der Waals surface area contributed by atoms with Crippen molar-refractivity contribution < 1.29 is 0 Å². The monoisotopic (exact) mass is 267 g/mol. The van der Waals surface area contributed by atoms with Gasteiger partial charge < -0.3 is 5.32 Å². The number of hydrogen-bond donors (Lipinski definition) is 1. The zero-order valence-corrected chi connectivity index (χ0v) is 13.0. The standard InChI is InChI=1S/C19H25N/c1-5-17-8-6-7-9-18(17)13-20-16(4)19-11-10-14(2)12-15(19)3/h6-12,16,20H,5,13H2,1-4H3. The van der Waals surface area contributed by atoms with Gasteiger partial charge in [-0.2, -0.15) is 0 Å². The van der Waals surface area contributed by atoms with Crippen LogP contribution in [0.25, 0.3) is 0 Å². The van der Waals surface area contributed by atoms with Crippen LogP contribution in [-0.2, 0) is 13.0 Å². The minimum absolute atomic E-state index is 0.375. The topological polar surface area (TPSA) is 12.0 Å². The lowest BCUT2D eigenvalue weighted by Gasteiger charge is -2.18. The highest BCUT2D eigenvalue weighted by Gasteiger charge is 2.08. The van der Waals surface area contributed by atoms with Gasteiger partial charge in [0.1, 0.15) is 0 Å². The lowest BCUT2D eigenvalue weighted by atomic mass is 9.99. The number of hydrogen-bond acceptors (Lipinski definition) is 1. The second-order valence-corrected chi connectivity index (χ2v) is 5.58. The van der Waals surface area contributed by atoms with Gasteiger partial charge in [0.15, 0.2) is 0 Å². The minimum atomic E-state index is 0.375. The molecule has 0 saturated carbocycles. The van der Waals surface area contributed by atoms with E-state index in [9.17, 15) is 0 Å². The van der Waals surface area contributed by atoms with Gasteiger partial charge in [0.2, 0.25) is 0 Å². The molecular weight excluding hydrogens is 242 g/mol. The van der Waals surface area contributed by atoms with Gasteiger partial charge in [-0.25, -0.2) is 0 Å². The normalized spacial score (nSPS) is 12.4. The van der Waals surface area contributed by atoms with Crippen LogP contribution in [0.3, 0.4) is 0 Å². The Hall–Kier alpha value is -1.60. The number of nitrogens with one attached hydrogen (secondary N) is 1. The van der Waals surface area contributed by atoms with Crippen molar-refractivity contribution in [3.63, 3.8) is 0 Å². The van der Waals surface area contributed by atoms with Gasteiger partial charge in [-0.3, -0.25) is 0 Å². The summed E-state index contributed by atoms with van der Waals surface area (Å²) in [6.45, 7) is 9.73. The molecule has 20 heavy (non-hydrogen) atoms. The third kappa shape index (κ3) is 3.49. The predicted molar refractivity (Wildman–Crippen MR) is 87.0 cm³/mol. The molecule has 0 spiro atoms. The van der Waals surface area contributed by atoms with Crippen LogP contribution in [0.15, 0.2) is 42.5 Å². The predicted octanol–water partition coefficient (Wildman–Crippen LogP) is 4.72. The van der Waals surface area contributed by atoms with Crippen molar-refractivity contribution in [1.29, 1.82) is 0 Å². The van der Waals surface area contributed by atoms with E-state index in [1.54, 1.807) is 0 Å². The molecule has 2 rings (SSSR count). The number of rotatable bonds is 5. The molecule has 0 heterocycles. The van der Waals surface area contributed by atoms with E-state index in [-0.39, 0.29) is 0 Å². The number of benzene rings is 2. The molecule has 0 aliphatic heterocycles. The van der Waals surface area contributed by atoms with Crippen LogP contribution >= 0.6 is 0 Å². The Morgan fingerprint density at radius 2 is 1.70 bits per heavy atom. The van der Waals surface area contributed by atoms with Gasteiger partial charge in [-0.15, -0.1) is 0 Å². The molecule has 0 aliphatic carbocycles. The molecule has 0 radical (unpaired) electrons. The zero-order valence-electron chi connectivity index (χ0n) is 13.0. The third-order valence-electron chi connectivity index (χ3n) is 3.99. The van der Waals surface area contributed by atoms with Crippen LogP contribution < -0.4 is 5.32 Å². The van der Waals surface area contributed by atoms with Crippen molar-refractivity contribution in [2.45, 2.75) is 46.7 Å².